The van der Waals surface area contributed by atoms with E-state index in [2.05, 4.69) is 34.2 Å². The molecule has 0 spiro atoms. The van der Waals surface area contributed by atoms with E-state index in [0.717, 1.165) is 6.67 Å². The summed E-state index contributed by atoms with van der Waals surface area (Å²) in [7, 11) is 4.04. The second-order valence-corrected chi connectivity index (χ2v) is 3.33. The first-order chi connectivity index (χ1) is 6.24. The number of hydrogen-bond acceptors (Lipinski definition) is 0. The van der Waals surface area contributed by atoms with E-state index in [9.17, 15) is 0 Å². The first-order valence-corrected chi connectivity index (χ1v) is 4.26. The van der Waals surface area contributed by atoms with Crippen molar-refractivity contribution in [2.75, 3.05) is 0 Å². The summed E-state index contributed by atoms with van der Waals surface area (Å²) in [5.41, 5.74) is 0. The summed E-state index contributed by atoms with van der Waals surface area (Å²) in [5.74, 6) is 0. The predicted molar refractivity (Wildman–Crippen MR) is 46.6 cm³/mol. The van der Waals surface area contributed by atoms with Gasteiger partial charge in [0.25, 0.3) is 0 Å². The van der Waals surface area contributed by atoms with Crippen LogP contribution in [0.3, 0.4) is 0 Å². The maximum absolute atomic E-state index is 2.12. The van der Waals surface area contributed by atoms with Crippen LogP contribution in [0.15, 0.2) is 37.4 Å². The zero-order valence-electron chi connectivity index (χ0n) is 7.96. The Morgan fingerprint density at radius 2 is 1.38 bits per heavy atom. The number of aromatic nitrogens is 4. The Morgan fingerprint density at radius 1 is 0.923 bits per heavy atom. The molecule has 0 amide bonds. The normalized spacial score (nSPS) is 10.6. The molecule has 0 saturated carbocycles. The molecule has 2 aromatic heterocycles. The number of imidazole rings is 2. The average molecular weight is 178 g/mol. The summed E-state index contributed by atoms with van der Waals surface area (Å²) in [4.78, 5) is 0. The van der Waals surface area contributed by atoms with Gasteiger partial charge in [0.05, 0.1) is 14.1 Å². The zero-order chi connectivity index (χ0) is 9.26. The molecular formula is C9H14N4+2. The highest BCUT2D eigenvalue weighted by Crippen LogP contribution is 1.78. The third kappa shape index (κ3) is 1.77. The van der Waals surface area contributed by atoms with Crippen molar-refractivity contribution < 1.29 is 9.13 Å². The van der Waals surface area contributed by atoms with Gasteiger partial charge in [-0.1, -0.05) is 0 Å². The first kappa shape index (κ1) is 8.04. The molecule has 0 aliphatic heterocycles. The number of rotatable bonds is 2. The molecule has 0 fully saturated rings. The van der Waals surface area contributed by atoms with Crippen LogP contribution in [-0.2, 0) is 20.8 Å². The molecule has 0 aliphatic rings. The third-order valence-corrected chi connectivity index (χ3v) is 1.97. The van der Waals surface area contributed by atoms with E-state index in [4.69, 9.17) is 0 Å². The van der Waals surface area contributed by atoms with E-state index in [1.165, 1.54) is 0 Å². The summed E-state index contributed by atoms with van der Waals surface area (Å²) >= 11 is 0. The highest BCUT2D eigenvalue weighted by atomic mass is 15.2. The maximum Gasteiger partial charge on any atom is 0.246 e. The van der Waals surface area contributed by atoms with Gasteiger partial charge in [-0.05, 0) is 0 Å². The maximum atomic E-state index is 2.12. The van der Waals surface area contributed by atoms with Gasteiger partial charge < -0.3 is 0 Å². The molecule has 0 aliphatic carbocycles. The Morgan fingerprint density at radius 3 is 1.69 bits per heavy atom. The largest absolute Gasteiger partial charge is 0.246 e. The van der Waals surface area contributed by atoms with Gasteiger partial charge in [-0.3, -0.25) is 0 Å². The van der Waals surface area contributed by atoms with Gasteiger partial charge >= 0.3 is 0 Å². The minimum Gasteiger partial charge on any atom is -0.239 e. The van der Waals surface area contributed by atoms with Gasteiger partial charge in [-0.15, -0.1) is 0 Å². The van der Waals surface area contributed by atoms with Gasteiger partial charge in [-0.2, -0.15) is 9.13 Å². The second kappa shape index (κ2) is 3.05. The van der Waals surface area contributed by atoms with Crippen LogP contribution in [0.25, 0.3) is 0 Å². The van der Waals surface area contributed by atoms with Gasteiger partial charge in [0.1, 0.15) is 24.8 Å². The highest BCUT2D eigenvalue weighted by molar-refractivity contribution is 4.63. The van der Waals surface area contributed by atoms with Gasteiger partial charge in [0, 0.05) is 0 Å². The molecule has 0 atom stereocenters. The molecule has 2 aromatic rings. The minimum absolute atomic E-state index is 0.863. The van der Waals surface area contributed by atoms with Crippen LogP contribution in [0.1, 0.15) is 0 Å². The predicted octanol–water partition coefficient (Wildman–Crippen LogP) is -0.556. The smallest absolute Gasteiger partial charge is 0.239 e. The minimum atomic E-state index is 0.863. The molecule has 0 bridgehead atoms. The van der Waals surface area contributed by atoms with Crippen LogP contribution in [0.4, 0.5) is 0 Å². The van der Waals surface area contributed by atoms with Crippen molar-refractivity contribution in [3.8, 4) is 0 Å². The number of hydrogen-bond donors (Lipinski definition) is 0. The molecule has 0 aromatic carbocycles. The molecule has 0 unspecified atom stereocenters. The van der Waals surface area contributed by atoms with Crippen molar-refractivity contribution >= 4 is 0 Å². The molecule has 2 rings (SSSR count). The fourth-order valence-corrected chi connectivity index (χ4v) is 1.36. The summed E-state index contributed by atoms with van der Waals surface area (Å²) < 4.78 is 8.31. The fourth-order valence-electron chi connectivity index (χ4n) is 1.36. The van der Waals surface area contributed by atoms with Gasteiger partial charge in [0.2, 0.25) is 19.3 Å². The molecule has 13 heavy (non-hydrogen) atoms. The van der Waals surface area contributed by atoms with Gasteiger partial charge in [0.15, 0.2) is 0 Å². The summed E-state index contributed by atoms with van der Waals surface area (Å²) in [6, 6.07) is 0. The summed E-state index contributed by atoms with van der Waals surface area (Å²) in [6.45, 7) is 0.863. The molecule has 0 N–H and O–H groups in total. The monoisotopic (exact) mass is 178 g/mol. The number of aryl methyl sites for hydroxylation is 2. The van der Waals surface area contributed by atoms with E-state index < -0.39 is 0 Å². The van der Waals surface area contributed by atoms with Crippen LogP contribution >= 0.6 is 0 Å². The van der Waals surface area contributed by atoms with E-state index in [-0.39, 0.29) is 0 Å². The van der Waals surface area contributed by atoms with Crippen LogP contribution in [0, 0.1) is 0 Å². The van der Waals surface area contributed by atoms with Crippen molar-refractivity contribution in [1.29, 1.82) is 0 Å². The lowest BCUT2D eigenvalue weighted by molar-refractivity contribution is -0.912. The van der Waals surface area contributed by atoms with Crippen molar-refractivity contribution in [2.45, 2.75) is 6.67 Å². The van der Waals surface area contributed by atoms with Crippen LogP contribution in [-0.4, -0.2) is 9.13 Å². The average Bonchev–Trinajstić information content (AvgIpc) is 2.62. The second-order valence-electron chi connectivity index (χ2n) is 3.33. The van der Waals surface area contributed by atoms with Crippen molar-refractivity contribution in [3.63, 3.8) is 0 Å². The van der Waals surface area contributed by atoms with E-state index in [0.29, 0.717) is 0 Å². The Labute approximate surface area is 77.3 Å². The van der Waals surface area contributed by atoms with Crippen LogP contribution < -0.4 is 9.13 Å². The highest BCUT2D eigenvalue weighted by Gasteiger charge is 2.04. The lowest BCUT2D eigenvalue weighted by Crippen LogP contribution is -2.49. The Bertz CT molecular complexity index is 361. The first-order valence-electron chi connectivity index (χ1n) is 4.26. The molecule has 0 saturated heterocycles. The molecule has 0 radical (unpaired) electrons. The quantitative estimate of drug-likeness (QED) is 0.549. The molecule has 68 valence electrons. The SMILES string of the molecule is Cn1cc[n+](C[n+]2ccn(C)c2)c1. The zero-order valence-corrected chi connectivity index (χ0v) is 7.96. The number of nitrogens with zero attached hydrogens (tertiary/aromatic N) is 4. The Kier molecular flexibility index (Phi) is 1.88. The van der Waals surface area contributed by atoms with Gasteiger partial charge in [-0.25, -0.2) is 9.13 Å². The summed E-state index contributed by atoms with van der Waals surface area (Å²) in [6.07, 6.45) is 12.3. The third-order valence-electron chi connectivity index (χ3n) is 1.97. The molecule has 2 heterocycles. The molecule has 4 nitrogen and oxygen atoms in total. The molecular weight excluding hydrogens is 164 g/mol. The fraction of sp³-hybridized carbons (Fsp3) is 0.333. The standard InChI is InChI=1S/C9H14N4/c1-10-3-5-12(7-10)9-13-6-4-11(2)8-13/h3-8H,9H2,1-2H3/q+2. The Balaban J connectivity index is 2.14. The molecule has 4 heteroatoms. The van der Waals surface area contributed by atoms with Crippen LogP contribution in [0.2, 0.25) is 0 Å². The van der Waals surface area contributed by atoms with Crippen molar-refractivity contribution in [1.82, 2.24) is 9.13 Å². The van der Waals surface area contributed by atoms with Crippen LogP contribution in [0.5, 0.6) is 0 Å². The van der Waals surface area contributed by atoms with E-state index >= 15 is 0 Å². The van der Waals surface area contributed by atoms with Crippen molar-refractivity contribution in [2.24, 2.45) is 14.1 Å². The Hall–Kier alpha value is -1.58. The lowest BCUT2D eigenvalue weighted by Gasteiger charge is -1.89. The topological polar surface area (TPSA) is 17.6 Å². The summed E-state index contributed by atoms with van der Waals surface area (Å²) in [5, 5.41) is 0. The van der Waals surface area contributed by atoms with E-state index in [1.54, 1.807) is 0 Å². The van der Waals surface area contributed by atoms with Crippen molar-refractivity contribution in [3.05, 3.63) is 37.4 Å². The van der Waals surface area contributed by atoms with E-state index in [1.807, 2.05) is 35.6 Å². The lowest BCUT2D eigenvalue weighted by atomic mass is 10.8.